The van der Waals surface area contributed by atoms with Gasteiger partial charge in [-0.1, -0.05) is 54.1 Å². The second kappa shape index (κ2) is 8.96. The summed E-state index contributed by atoms with van der Waals surface area (Å²) in [7, 11) is 0. The van der Waals surface area contributed by atoms with E-state index in [-0.39, 0.29) is 23.4 Å². The normalized spacial score (nSPS) is 10.3. The van der Waals surface area contributed by atoms with Crippen molar-refractivity contribution in [3.63, 3.8) is 0 Å². The highest BCUT2D eigenvalue weighted by molar-refractivity contribution is 6.29. The van der Waals surface area contributed by atoms with Crippen LogP contribution in [-0.2, 0) is 17.8 Å². The molecule has 27 heavy (non-hydrogen) atoms. The standard InChI is InChI=1S/C21H18ClN3O2/c22-19-13-17(10-11-23-19)21(27)25-18-8-6-15(7-9-18)12-20(26)24-14-16-4-2-1-3-5-16/h1-11,13H,12,14H2,(H,24,26)(H,25,27). The molecular formula is C21H18ClN3O2. The molecule has 1 heterocycles. The van der Waals surface area contributed by atoms with Gasteiger partial charge in [-0.15, -0.1) is 0 Å². The fourth-order valence-electron chi connectivity index (χ4n) is 2.50. The Bertz CT molecular complexity index is 928. The van der Waals surface area contributed by atoms with Crippen LogP contribution in [0.4, 0.5) is 5.69 Å². The Labute approximate surface area is 162 Å². The van der Waals surface area contributed by atoms with Crippen LogP contribution in [0, 0.1) is 0 Å². The lowest BCUT2D eigenvalue weighted by Gasteiger charge is -2.08. The first-order chi connectivity index (χ1) is 13.1. The number of nitrogens with one attached hydrogen (secondary N) is 2. The van der Waals surface area contributed by atoms with Gasteiger partial charge in [-0.3, -0.25) is 9.59 Å². The zero-order valence-corrected chi connectivity index (χ0v) is 15.2. The maximum atomic E-state index is 12.2. The molecule has 0 saturated carbocycles. The lowest BCUT2D eigenvalue weighted by Crippen LogP contribution is -2.24. The predicted octanol–water partition coefficient (Wildman–Crippen LogP) is 3.85. The molecule has 0 radical (unpaired) electrons. The van der Waals surface area contributed by atoms with E-state index < -0.39 is 0 Å². The monoisotopic (exact) mass is 379 g/mol. The molecule has 0 fully saturated rings. The minimum Gasteiger partial charge on any atom is -0.352 e. The number of amides is 2. The zero-order valence-electron chi connectivity index (χ0n) is 14.5. The first kappa shape index (κ1) is 18.6. The van der Waals surface area contributed by atoms with Crippen molar-refractivity contribution in [3.05, 3.63) is 94.8 Å². The van der Waals surface area contributed by atoms with Gasteiger partial charge in [0.2, 0.25) is 5.91 Å². The third-order valence-electron chi connectivity index (χ3n) is 3.90. The number of carbonyl (C=O) groups is 2. The topological polar surface area (TPSA) is 71.1 Å². The third kappa shape index (κ3) is 5.66. The van der Waals surface area contributed by atoms with Crippen LogP contribution in [0.1, 0.15) is 21.5 Å². The Hall–Kier alpha value is -3.18. The van der Waals surface area contributed by atoms with Gasteiger partial charge in [0.15, 0.2) is 0 Å². The quantitative estimate of drug-likeness (QED) is 0.639. The van der Waals surface area contributed by atoms with Gasteiger partial charge < -0.3 is 10.6 Å². The van der Waals surface area contributed by atoms with Gasteiger partial charge in [0.05, 0.1) is 6.42 Å². The van der Waals surface area contributed by atoms with E-state index in [1.54, 1.807) is 18.2 Å². The van der Waals surface area contributed by atoms with E-state index in [2.05, 4.69) is 15.6 Å². The molecule has 0 bridgehead atoms. The zero-order chi connectivity index (χ0) is 19.1. The third-order valence-corrected chi connectivity index (χ3v) is 4.10. The van der Waals surface area contributed by atoms with Crippen molar-refractivity contribution >= 4 is 29.1 Å². The van der Waals surface area contributed by atoms with Crippen LogP contribution in [0.25, 0.3) is 0 Å². The van der Waals surface area contributed by atoms with Crippen molar-refractivity contribution in [3.8, 4) is 0 Å². The number of nitrogens with zero attached hydrogens (tertiary/aromatic N) is 1. The first-order valence-corrected chi connectivity index (χ1v) is 8.80. The van der Waals surface area contributed by atoms with Crippen LogP contribution in [0.3, 0.4) is 0 Å². The largest absolute Gasteiger partial charge is 0.352 e. The fraction of sp³-hybridized carbons (Fsp3) is 0.0952. The van der Waals surface area contributed by atoms with Crippen LogP contribution in [0.2, 0.25) is 5.15 Å². The molecule has 6 heteroatoms. The Morgan fingerprint density at radius 1 is 0.926 bits per heavy atom. The number of anilines is 1. The molecule has 3 aromatic rings. The lowest BCUT2D eigenvalue weighted by molar-refractivity contribution is -0.120. The second-order valence-electron chi connectivity index (χ2n) is 5.96. The highest BCUT2D eigenvalue weighted by atomic mass is 35.5. The predicted molar refractivity (Wildman–Crippen MR) is 106 cm³/mol. The Morgan fingerprint density at radius 3 is 2.37 bits per heavy atom. The molecule has 0 spiro atoms. The van der Waals surface area contributed by atoms with Crippen molar-refractivity contribution in [2.75, 3.05) is 5.32 Å². The van der Waals surface area contributed by atoms with E-state index in [0.29, 0.717) is 17.8 Å². The fourth-order valence-corrected chi connectivity index (χ4v) is 2.67. The minimum absolute atomic E-state index is 0.0536. The SMILES string of the molecule is O=C(Cc1ccc(NC(=O)c2ccnc(Cl)c2)cc1)NCc1ccccc1. The maximum Gasteiger partial charge on any atom is 0.255 e. The van der Waals surface area contributed by atoms with Gasteiger partial charge in [0, 0.05) is 24.0 Å². The summed E-state index contributed by atoms with van der Waals surface area (Å²) in [6.07, 6.45) is 1.76. The average molecular weight is 380 g/mol. The Kier molecular flexibility index (Phi) is 6.18. The van der Waals surface area contributed by atoms with E-state index in [4.69, 9.17) is 11.6 Å². The summed E-state index contributed by atoms with van der Waals surface area (Å²) in [4.78, 5) is 28.1. The summed E-state index contributed by atoms with van der Waals surface area (Å²) < 4.78 is 0. The van der Waals surface area contributed by atoms with E-state index in [1.165, 1.54) is 12.3 Å². The molecule has 2 amide bonds. The number of hydrogen-bond donors (Lipinski definition) is 2. The van der Waals surface area contributed by atoms with Gasteiger partial charge in [0.25, 0.3) is 5.91 Å². The van der Waals surface area contributed by atoms with Gasteiger partial charge >= 0.3 is 0 Å². The van der Waals surface area contributed by atoms with Crippen molar-refractivity contribution in [1.29, 1.82) is 0 Å². The molecule has 0 aliphatic heterocycles. The molecule has 0 saturated heterocycles. The molecule has 3 rings (SSSR count). The molecule has 1 aromatic heterocycles. The van der Waals surface area contributed by atoms with Crippen LogP contribution in [-0.4, -0.2) is 16.8 Å². The molecular weight excluding hydrogens is 362 g/mol. The lowest BCUT2D eigenvalue weighted by atomic mass is 10.1. The number of aromatic nitrogens is 1. The molecule has 0 aliphatic rings. The number of rotatable bonds is 6. The summed E-state index contributed by atoms with van der Waals surface area (Å²) in [5.74, 6) is -0.324. The van der Waals surface area contributed by atoms with Crippen LogP contribution in [0.15, 0.2) is 72.9 Å². The van der Waals surface area contributed by atoms with Crippen LogP contribution >= 0.6 is 11.6 Å². The van der Waals surface area contributed by atoms with E-state index in [0.717, 1.165) is 11.1 Å². The summed E-state index contributed by atoms with van der Waals surface area (Å²) >= 11 is 5.80. The number of benzene rings is 2. The van der Waals surface area contributed by atoms with E-state index in [1.807, 2.05) is 42.5 Å². The molecule has 0 aliphatic carbocycles. The molecule has 2 N–H and O–H groups in total. The molecule has 2 aromatic carbocycles. The highest BCUT2D eigenvalue weighted by Crippen LogP contribution is 2.13. The molecule has 5 nitrogen and oxygen atoms in total. The van der Waals surface area contributed by atoms with Gasteiger partial charge in [-0.25, -0.2) is 4.98 Å². The highest BCUT2D eigenvalue weighted by Gasteiger charge is 2.08. The average Bonchev–Trinajstić information content (AvgIpc) is 2.69. The maximum absolute atomic E-state index is 12.2. The number of halogens is 1. The summed E-state index contributed by atoms with van der Waals surface area (Å²) in [5, 5.41) is 5.94. The number of hydrogen-bond acceptors (Lipinski definition) is 3. The van der Waals surface area contributed by atoms with Crippen molar-refractivity contribution in [1.82, 2.24) is 10.3 Å². The number of carbonyl (C=O) groups excluding carboxylic acids is 2. The summed E-state index contributed by atoms with van der Waals surface area (Å²) in [6.45, 7) is 0.502. The molecule has 0 unspecified atom stereocenters. The minimum atomic E-state index is -0.271. The van der Waals surface area contributed by atoms with Crippen LogP contribution < -0.4 is 10.6 Å². The second-order valence-corrected chi connectivity index (χ2v) is 6.34. The van der Waals surface area contributed by atoms with Gasteiger partial charge in [-0.2, -0.15) is 0 Å². The smallest absolute Gasteiger partial charge is 0.255 e. The Balaban J connectivity index is 1.52. The molecule has 136 valence electrons. The first-order valence-electron chi connectivity index (χ1n) is 8.42. The van der Waals surface area contributed by atoms with Crippen molar-refractivity contribution in [2.24, 2.45) is 0 Å². The summed E-state index contributed by atoms with van der Waals surface area (Å²) in [5.41, 5.74) is 2.99. The van der Waals surface area contributed by atoms with E-state index in [9.17, 15) is 9.59 Å². The van der Waals surface area contributed by atoms with Gasteiger partial charge in [-0.05, 0) is 35.4 Å². The number of pyridine rings is 1. The van der Waals surface area contributed by atoms with Crippen molar-refractivity contribution in [2.45, 2.75) is 13.0 Å². The molecule has 0 atom stereocenters. The summed E-state index contributed by atoms with van der Waals surface area (Å²) in [6, 6.07) is 20.0. The van der Waals surface area contributed by atoms with E-state index >= 15 is 0 Å². The Morgan fingerprint density at radius 2 is 1.67 bits per heavy atom. The van der Waals surface area contributed by atoms with Crippen LogP contribution in [0.5, 0.6) is 0 Å². The van der Waals surface area contributed by atoms with Gasteiger partial charge in [0.1, 0.15) is 5.15 Å². The van der Waals surface area contributed by atoms with Crippen molar-refractivity contribution < 1.29 is 9.59 Å².